The molecular formula is C16H22BrNO3. The van der Waals surface area contributed by atoms with Gasteiger partial charge in [-0.1, -0.05) is 0 Å². The van der Waals surface area contributed by atoms with E-state index < -0.39 is 5.60 Å². The van der Waals surface area contributed by atoms with Gasteiger partial charge in [-0.15, -0.1) is 0 Å². The van der Waals surface area contributed by atoms with E-state index in [2.05, 4.69) is 21.2 Å². The zero-order chi connectivity index (χ0) is 15.5. The SMILES string of the molecule is COc1ccc(Br)c(C(=O)OC(C)(C)C2CCNCC2)c1. The van der Waals surface area contributed by atoms with Crippen LogP contribution in [0.15, 0.2) is 22.7 Å². The van der Waals surface area contributed by atoms with Gasteiger partial charge in [0, 0.05) is 10.4 Å². The Morgan fingerprint density at radius 3 is 2.62 bits per heavy atom. The Morgan fingerprint density at radius 1 is 1.33 bits per heavy atom. The van der Waals surface area contributed by atoms with E-state index in [4.69, 9.17) is 9.47 Å². The third-order valence-corrected chi connectivity index (χ3v) is 4.76. The summed E-state index contributed by atoms with van der Waals surface area (Å²) in [5, 5.41) is 3.33. The number of hydrogen-bond donors (Lipinski definition) is 1. The molecule has 1 aromatic carbocycles. The molecule has 0 bridgehead atoms. The van der Waals surface area contributed by atoms with Crippen LogP contribution in [-0.4, -0.2) is 31.8 Å². The monoisotopic (exact) mass is 355 g/mol. The summed E-state index contributed by atoms with van der Waals surface area (Å²) in [5.74, 6) is 0.709. The van der Waals surface area contributed by atoms with Gasteiger partial charge in [-0.3, -0.25) is 0 Å². The minimum atomic E-state index is -0.471. The molecular weight excluding hydrogens is 334 g/mol. The fourth-order valence-electron chi connectivity index (χ4n) is 2.68. The van der Waals surface area contributed by atoms with Crippen LogP contribution < -0.4 is 10.1 Å². The second-order valence-electron chi connectivity index (χ2n) is 5.86. The number of esters is 1. The van der Waals surface area contributed by atoms with Crippen LogP contribution in [0.2, 0.25) is 0 Å². The number of piperidine rings is 1. The lowest BCUT2D eigenvalue weighted by atomic mass is 9.83. The summed E-state index contributed by atoms with van der Waals surface area (Å²) in [6.07, 6.45) is 2.05. The van der Waals surface area contributed by atoms with Gasteiger partial charge in [0.05, 0.1) is 12.7 Å². The molecule has 1 fully saturated rings. The van der Waals surface area contributed by atoms with E-state index in [1.807, 2.05) is 13.8 Å². The summed E-state index contributed by atoms with van der Waals surface area (Å²) in [4.78, 5) is 12.5. The first kappa shape index (κ1) is 16.3. The van der Waals surface area contributed by atoms with E-state index in [1.54, 1.807) is 25.3 Å². The molecule has 0 saturated carbocycles. The van der Waals surface area contributed by atoms with Crippen LogP contribution in [0.4, 0.5) is 0 Å². The summed E-state index contributed by atoms with van der Waals surface area (Å²) in [7, 11) is 1.58. The molecule has 21 heavy (non-hydrogen) atoms. The van der Waals surface area contributed by atoms with Crippen molar-refractivity contribution in [2.24, 2.45) is 5.92 Å². The number of carbonyl (C=O) groups excluding carboxylic acids is 1. The van der Waals surface area contributed by atoms with Gasteiger partial charge in [0.15, 0.2) is 0 Å². The van der Waals surface area contributed by atoms with Crippen LogP contribution in [0.3, 0.4) is 0 Å². The number of methoxy groups -OCH3 is 1. The molecule has 1 aliphatic heterocycles. The number of benzene rings is 1. The van der Waals surface area contributed by atoms with E-state index >= 15 is 0 Å². The van der Waals surface area contributed by atoms with E-state index in [-0.39, 0.29) is 5.97 Å². The molecule has 0 unspecified atom stereocenters. The molecule has 5 heteroatoms. The lowest BCUT2D eigenvalue weighted by Crippen LogP contribution is -2.42. The average molecular weight is 356 g/mol. The van der Waals surface area contributed by atoms with Gasteiger partial charge in [-0.05, 0) is 73.9 Å². The van der Waals surface area contributed by atoms with Gasteiger partial charge in [0.1, 0.15) is 11.4 Å². The number of carbonyl (C=O) groups is 1. The maximum atomic E-state index is 12.5. The Bertz CT molecular complexity index is 510. The van der Waals surface area contributed by atoms with E-state index in [0.717, 1.165) is 30.4 Å². The summed E-state index contributed by atoms with van der Waals surface area (Å²) in [6.45, 7) is 5.95. The van der Waals surface area contributed by atoms with Crippen molar-refractivity contribution in [1.29, 1.82) is 0 Å². The van der Waals surface area contributed by atoms with Crippen LogP contribution in [0.25, 0.3) is 0 Å². The third kappa shape index (κ3) is 3.98. The van der Waals surface area contributed by atoms with Crippen LogP contribution in [-0.2, 0) is 4.74 Å². The molecule has 116 valence electrons. The Labute approximate surface area is 134 Å². The molecule has 0 aliphatic carbocycles. The quantitative estimate of drug-likeness (QED) is 0.841. The zero-order valence-corrected chi connectivity index (χ0v) is 14.3. The van der Waals surface area contributed by atoms with Crippen molar-refractivity contribution in [2.75, 3.05) is 20.2 Å². The molecule has 1 aromatic rings. The number of halogens is 1. The van der Waals surface area contributed by atoms with Crippen molar-refractivity contribution in [3.8, 4) is 5.75 Å². The molecule has 0 atom stereocenters. The van der Waals surface area contributed by atoms with Gasteiger partial charge >= 0.3 is 5.97 Å². The maximum absolute atomic E-state index is 12.5. The fourth-order valence-corrected chi connectivity index (χ4v) is 3.09. The van der Waals surface area contributed by atoms with Crippen LogP contribution in [0.1, 0.15) is 37.0 Å². The van der Waals surface area contributed by atoms with Gasteiger partial charge in [-0.25, -0.2) is 4.79 Å². The Balaban J connectivity index is 2.12. The second kappa shape index (κ2) is 6.79. The third-order valence-electron chi connectivity index (χ3n) is 4.07. The smallest absolute Gasteiger partial charge is 0.339 e. The summed E-state index contributed by atoms with van der Waals surface area (Å²) in [6, 6.07) is 5.30. The van der Waals surface area contributed by atoms with E-state index in [0.29, 0.717) is 17.2 Å². The zero-order valence-electron chi connectivity index (χ0n) is 12.7. The van der Waals surface area contributed by atoms with Crippen molar-refractivity contribution < 1.29 is 14.3 Å². The van der Waals surface area contributed by atoms with Crippen molar-refractivity contribution in [1.82, 2.24) is 5.32 Å². The number of rotatable bonds is 4. The highest BCUT2D eigenvalue weighted by molar-refractivity contribution is 9.10. The number of hydrogen-bond acceptors (Lipinski definition) is 4. The van der Waals surface area contributed by atoms with Crippen molar-refractivity contribution >= 4 is 21.9 Å². The first-order valence-corrected chi connectivity index (χ1v) is 8.01. The Hall–Kier alpha value is -1.07. The van der Waals surface area contributed by atoms with Gasteiger partial charge in [0.2, 0.25) is 0 Å². The number of ether oxygens (including phenoxy) is 2. The highest BCUT2D eigenvalue weighted by atomic mass is 79.9. The molecule has 0 radical (unpaired) electrons. The molecule has 2 rings (SSSR count). The Morgan fingerprint density at radius 2 is 2.00 bits per heavy atom. The molecule has 1 saturated heterocycles. The topological polar surface area (TPSA) is 47.6 Å². The van der Waals surface area contributed by atoms with Crippen molar-refractivity contribution in [2.45, 2.75) is 32.3 Å². The molecule has 1 N–H and O–H groups in total. The van der Waals surface area contributed by atoms with E-state index in [1.165, 1.54) is 0 Å². The first-order valence-electron chi connectivity index (χ1n) is 7.21. The molecule has 1 aliphatic rings. The Kier molecular flexibility index (Phi) is 5.27. The minimum Gasteiger partial charge on any atom is -0.497 e. The summed E-state index contributed by atoms with van der Waals surface area (Å²) >= 11 is 3.40. The predicted molar refractivity (Wildman–Crippen MR) is 85.8 cm³/mol. The van der Waals surface area contributed by atoms with Crippen LogP contribution in [0, 0.1) is 5.92 Å². The largest absolute Gasteiger partial charge is 0.497 e. The lowest BCUT2D eigenvalue weighted by Gasteiger charge is -2.36. The average Bonchev–Trinajstić information content (AvgIpc) is 2.48. The second-order valence-corrected chi connectivity index (χ2v) is 6.72. The highest BCUT2D eigenvalue weighted by Gasteiger charge is 2.34. The summed E-state index contributed by atoms with van der Waals surface area (Å²) < 4.78 is 11.7. The standard InChI is InChI=1S/C16H22BrNO3/c1-16(2,11-6-8-18-9-7-11)21-15(19)13-10-12(20-3)4-5-14(13)17/h4-5,10-11,18H,6-9H2,1-3H3. The predicted octanol–water partition coefficient (Wildman–Crippen LogP) is 3.39. The number of nitrogens with one attached hydrogen (secondary N) is 1. The van der Waals surface area contributed by atoms with Crippen molar-refractivity contribution in [3.63, 3.8) is 0 Å². The highest BCUT2D eigenvalue weighted by Crippen LogP contribution is 2.31. The van der Waals surface area contributed by atoms with Crippen molar-refractivity contribution in [3.05, 3.63) is 28.2 Å². The first-order chi connectivity index (χ1) is 9.94. The molecule has 1 heterocycles. The van der Waals surface area contributed by atoms with Gasteiger partial charge in [0.25, 0.3) is 0 Å². The minimum absolute atomic E-state index is 0.315. The fraction of sp³-hybridized carbons (Fsp3) is 0.562. The van der Waals surface area contributed by atoms with Gasteiger partial charge < -0.3 is 14.8 Å². The van der Waals surface area contributed by atoms with Crippen LogP contribution >= 0.6 is 15.9 Å². The molecule has 0 aromatic heterocycles. The lowest BCUT2D eigenvalue weighted by molar-refractivity contribution is -0.0369. The summed E-state index contributed by atoms with van der Waals surface area (Å²) in [5.41, 5.74) is 0.0261. The molecule has 4 nitrogen and oxygen atoms in total. The maximum Gasteiger partial charge on any atom is 0.339 e. The molecule has 0 spiro atoms. The normalized spacial score (nSPS) is 16.6. The van der Waals surface area contributed by atoms with Crippen LogP contribution in [0.5, 0.6) is 5.75 Å². The van der Waals surface area contributed by atoms with Gasteiger partial charge in [-0.2, -0.15) is 0 Å². The van der Waals surface area contributed by atoms with E-state index in [9.17, 15) is 4.79 Å². The molecule has 0 amide bonds.